The van der Waals surface area contributed by atoms with E-state index in [0.717, 1.165) is 49.2 Å². The Labute approximate surface area is 208 Å². The minimum atomic E-state index is -0.518. The first-order valence-corrected chi connectivity index (χ1v) is 9.85. The fourth-order valence-electron chi connectivity index (χ4n) is 3.91. The molecule has 0 atom stereocenters. The van der Waals surface area contributed by atoms with E-state index in [1.54, 1.807) is 6.20 Å². The zero-order valence-electron chi connectivity index (χ0n) is 17.4. The molecule has 0 unspecified atom stereocenters. The minimum Gasteiger partial charge on any atom is -0.383 e. The van der Waals surface area contributed by atoms with Gasteiger partial charge in [0.1, 0.15) is 17.5 Å². The highest BCUT2D eigenvalue weighted by Crippen LogP contribution is 2.32. The lowest BCUT2D eigenvalue weighted by Crippen LogP contribution is -2.29. The van der Waals surface area contributed by atoms with Crippen LogP contribution in [0.2, 0.25) is 0 Å². The van der Waals surface area contributed by atoms with E-state index in [2.05, 4.69) is 20.4 Å². The monoisotopic (exact) mass is 514 g/mol. The Kier molecular flexibility index (Phi) is 8.97. The van der Waals surface area contributed by atoms with Gasteiger partial charge in [0.15, 0.2) is 0 Å². The molecule has 1 fully saturated rings. The van der Waals surface area contributed by atoms with Gasteiger partial charge in [-0.3, -0.25) is 9.67 Å². The van der Waals surface area contributed by atoms with Crippen molar-refractivity contribution in [2.45, 2.75) is 18.9 Å². The van der Waals surface area contributed by atoms with Crippen molar-refractivity contribution >= 4 is 53.8 Å². The van der Waals surface area contributed by atoms with E-state index in [9.17, 15) is 8.78 Å². The number of nitrogen functional groups attached to an aromatic ring is 1. The summed E-state index contributed by atoms with van der Waals surface area (Å²) in [7, 11) is 0. The van der Waals surface area contributed by atoms with Gasteiger partial charge in [-0.05, 0) is 50.2 Å². The molecule has 0 amide bonds. The van der Waals surface area contributed by atoms with Crippen LogP contribution in [0.3, 0.4) is 0 Å². The molecule has 0 aliphatic carbocycles. The van der Waals surface area contributed by atoms with Gasteiger partial charge in [-0.1, -0.05) is 0 Å². The van der Waals surface area contributed by atoms with Crippen LogP contribution in [0.4, 0.5) is 14.6 Å². The number of piperidine rings is 1. The summed E-state index contributed by atoms with van der Waals surface area (Å²) in [5.41, 5.74) is 8.84. The van der Waals surface area contributed by atoms with Crippen molar-refractivity contribution in [3.05, 3.63) is 60.7 Å². The van der Waals surface area contributed by atoms with Gasteiger partial charge in [-0.2, -0.15) is 5.10 Å². The first-order chi connectivity index (χ1) is 14.6. The summed E-state index contributed by atoms with van der Waals surface area (Å²) >= 11 is 0. The second-order valence-electron chi connectivity index (χ2n) is 7.49. The predicted octanol–water partition coefficient (Wildman–Crippen LogP) is 5.21. The van der Waals surface area contributed by atoms with Crippen LogP contribution in [-0.4, -0.2) is 32.8 Å². The summed E-state index contributed by atoms with van der Waals surface area (Å²) in [6.45, 7) is 1.97. The maximum Gasteiger partial charge on any atom is 0.132 e. The van der Waals surface area contributed by atoms with E-state index in [-0.39, 0.29) is 53.8 Å². The molecule has 0 radical (unpaired) electrons. The van der Waals surface area contributed by atoms with Gasteiger partial charge in [0, 0.05) is 46.1 Å². The minimum absolute atomic E-state index is 0. The van der Waals surface area contributed by atoms with Gasteiger partial charge >= 0.3 is 0 Å². The molecule has 11 heteroatoms. The molecule has 4 heterocycles. The summed E-state index contributed by atoms with van der Waals surface area (Å²) in [6, 6.07) is 5.94. The molecule has 5 rings (SSSR count). The van der Waals surface area contributed by atoms with Crippen LogP contribution in [0.15, 0.2) is 49.1 Å². The highest BCUT2D eigenvalue weighted by atomic mass is 35.5. The third kappa shape index (κ3) is 5.19. The molecular formula is C22H23Cl3F2N6. The van der Waals surface area contributed by atoms with Crippen molar-refractivity contribution < 1.29 is 8.78 Å². The van der Waals surface area contributed by atoms with Gasteiger partial charge in [0.05, 0.1) is 17.9 Å². The van der Waals surface area contributed by atoms with Gasteiger partial charge in [-0.15, -0.1) is 37.2 Å². The van der Waals surface area contributed by atoms with Crippen molar-refractivity contribution in [1.29, 1.82) is 0 Å². The Morgan fingerprint density at radius 2 is 1.58 bits per heavy atom. The van der Waals surface area contributed by atoms with Gasteiger partial charge in [0.25, 0.3) is 0 Å². The number of halogens is 5. The van der Waals surface area contributed by atoms with Crippen LogP contribution in [0.1, 0.15) is 18.9 Å². The number of anilines is 1. The molecule has 1 aromatic carbocycles. The van der Waals surface area contributed by atoms with Gasteiger partial charge in [-0.25, -0.2) is 13.8 Å². The van der Waals surface area contributed by atoms with Crippen LogP contribution < -0.4 is 11.1 Å². The maximum atomic E-state index is 14.2. The molecule has 0 bridgehead atoms. The number of aromatic nitrogens is 4. The van der Waals surface area contributed by atoms with Crippen LogP contribution in [-0.2, 0) is 0 Å². The lowest BCUT2D eigenvalue weighted by Gasteiger charge is -2.22. The van der Waals surface area contributed by atoms with E-state index in [1.165, 1.54) is 12.3 Å². The number of pyridine rings is 2. The highest BCUT2D eigenvalue weighted by molar-refractivity contribution is 5.88. The molecule has 0 saturated carbocycles. The number of nitrogens with zero attached hydrogens (tertiary/aromatic N) is 4. The van der Waals surface area contributed by atoms with Gasteiger partial charge in [0.2, 0.25) is 0 Å². The molecule has 4 aromatic rings. The largest absolute Gasteiger partial charge is 0.383 e. The molecule has 6 nitrogen and oxygen atoms in total. The van der Waals surface area contributed by atoms with Crippen molar-refractivity contribution in [2.24, 2.45) is 0 Å². The summed E-state index contributed by atoms with van der Waals surface area (Å²) < 4.78 is 30.2. The van der Waals surface area contributed by atoms with E-state index in [1.807, 2.05) is 23.1 Å². The van der Waals surface area contributed by atoms with Crippen molar-refractivity contribution in [3.8, 4) is 22.4 Å². The van der Waals surface area contributed by atoms with Crippen LogP contribution >= 0.6 is 37.2 Å². The molecule has 33 heavy (non-hydrogen) atoms. The van der Waals surface area contributed by atoms with Crippen molar-refractivity contribution in [2.75, 3.05) is 18.8 Å². The standard InChI is InChI=1S/C22H20F2N6.3ClH/c23-19-1-2-20(24)18-11-27-21(8-16(18)19)17-7-13(9-28-22(17)25)14-10-29-30(12-14)15-3-5-26-6-4-15;;;/h1-2,7-12,15,26H,3-6H2,(H2,25,28);3*1H. The number of nitrogens with two attached hydrogens (primary N) is 1. The number of nitrogens with one attached hydrogen (secondary N) is 1. The predicted molar refractivity (Wildman–Crippen MR) is 133 cm³/mol. The number of fused-ring (bicyclic) bond motifs is 1. The SMILES string of the molecule is Cl.Cl.Cl.Nc1ncc(-c2cnn(C3CCNCC3)c2)cc1-c1cc2c(F)ccc(F)c2cn1. The maximum absolute atomic E-state index is 14.2. The fraction of sp³-hybridized carbons (Fsp3) is 0.227. The van der Waals surface area contributed by atoms with Crippen molar-refractivity contribution in [1.82, 2.24) is 25.1 Å². The number of hydrogen-bond donors (Lipinski definition) is 2. The second kappa shape index (κ2) is 11.1. The Morgan fingerprint density at radius 1 is 0.879 bits per heavy atom. The normalized spacial score (nSPS) is 13.6. The number of rotatable bonds is 3. The van der Waals surface area contributed by atoms with E-state index in [0.29, 0.717) is 17.3 Å². The Balaban J connectivity index is 0.00000128. The lowest BCUT2D eigenvalue weighted by atomic mass is 10.0. The van der Waals surface area contributed by atoms with Gasteiger partial charge < -0.3 is 11.1 Å². The topological polar surface area (TPSA) is 81.6 Å². The Bertz CT molecular complexity index is 1240. The third-order valence-electron chi connectivity index (χ3n) is 5.61. The molecule has 1 saturated heterocycles. The molecular weight excluding hydrogens is 493 g/mol. The molecule has 1 aliphatic rings. The first-order valence-electron chi connectivity index (χ1n) is 9.85. The van der Waals surface area contributed by atoms with E-state index >= 15 is 0 Å². The number of benzene rings is 1. The van der Waals surface area contributed by atoms with Crippen LogP contribution in [0.25, 0.3) is 33.2 Å². The quantitative estimate of drug-likeness (QED) is 0.391. The molecule has 3 aromatic heterocycles. The van der Waals surface area contributed by atoms with E-state index < -0.39 is 11.6 Å². The molecule has 3 N–H and O–H groups in total. The number of hydrogen-bond acceptors (Lipinski definition) is 5. The van der Waals surface area contributed by atoms with Crippen molar-refractivity contribution in [3.63, 3.8) is 0 Å². The van der Waals surface area contributed by atoms with E-state index in [4.69, 9.17) is 5.73 Å². The van der Waals surface area contributed by atoms with Crippen LogP contribution in [0, 0.1) is 11.6 Å². The molecule has 176 valence electrons. The fourth-order valence-corrected chi connectivity index (χ4v) is 3.91. The molecule has 0 spiro atoms. The third-order valence-corrected chi connectivity index (χ3v) is 5.61. The summed E-state index contributed by atoms with van der Waals surface area (Å²) in [5, 5.41) is 8.16. The summed E-state index contributed by atoms with van der Waals surface area (Å²) in [4.78, 5) is 8.60. The zero-order valence-corrected chi connectivity index (χ0v) is 19.8. The Hall–Kier alpha value is -2.52. The van der Waals surface area contributed by atoms with Crippen LogP contribution in [0.5, 0.6) is 0 Å². The highest BCUT2D eigenvalue weighted by Gasteiger charge is 2.17. The zero-order chi connectivity index (χ0) is 20.7. The summed E-state index contributed by atoms with van der Waals surface area (Å²) in [6.07, 6.45) is 8.90. The summed E-state index contributed by atoms with van der Waals surface area (Å²) in [5.74, 6) is -0.759. The molecule has 1 aliphatic heterocycles. The lowest BCUT2D eigenvalue weighted by molar-refractivity contribution is 0.343. The average molecular weight is 516 g/mol. The smallest absolute Gasteiger partial charge is 0.132 e. The first kappa shape index (κ1) is 26.7. The average Bonchev–Trinajstić information content (AvgIpc) is 3.27. The Morgan fingerprint density at radius 3 is 2.30 bits per heavy atom. The second-order valence-corrected chi connectivity index (χ2v) is 7.49.